The minimum absolute atomic E-state index is 1.25. The van der Waals surface area contributed by atoms with E-state index in [-0.39, 0.29) is 0 Å². The van der Waals surface area contributed by atoms with Gasteiger partial charge in [0.2, 0.25) is 0 Å². The van der Waals surface area contributed by atoms with Crippen LogP contribution in [0.15, 0.2) is 11.8 Å². The van der Waals surface area contributed by atoms with Crippen molar-refractivity contribution in [3.05, 3.63) is 11.8 Å². The fourth-order valence-corrected chi connectivity index (χ4v) is 1.17. The molecule has 1 nitrogen and oxygen atoms in total. The molecular formula is C7H13N. The molecule has 1 saturated carbocycles. The number of rotatable bonds is 0. The van der Waals surface area contributed by atoms with E-state index in [0.717, 1.165) is 0 Å². The first kappa shape index (κ1) is 5.67. The van der Waals surface area contributed by atoms with Crippen LogP contribution in [0.5, 0.6) is 0 Å². The smallest absolute Gasteiger partial charge is 0.00705 e. The van der Waals surface area contributed by atoms with Crippen LogP contribution in [0.2, 0.25) is 0 Å². The Bertz CT molecular complexity index is 86.6. The van der Waals surface area contributed by atoms with Gasteiger partial charge < -0.3 is 5.73 Å². The molecule has 1 aliphatic carbocycles. The largest absolute Gasteiger partial charge is 0.405 e. The maximum Gasteiger partial charge on any atom is -0.00705 e. The second-order valence-corrected chi connectivity index (χ2v) is 2.39. The van der Waals surface area contributed by atoms with E-state index in [0.29, 0.717) is 0 Å². The molecule has 0 unspecified atom stereocenters. The fourth-order valence-electron chi connectivity index (χ4n) is 1.17. The van der Waals surface area contributed by atoms with Crippen molar-refractivity contribution in [1.82, 2.24) is 0 Å². The first-order valence-electron chi connectivity index (χ1n) is 3.33. The quantitative estimate of drug-likeness (QED) is 0.506. The van der Waals surface area contributed by atoms with Gasteiger partial charge in [-0.1, -0.05) is 12.0 Å². The second-order valence-electron chi connectivity index (χ2n) is 2.39. The van der Waals surface area contributed by atoms with Gasteiger partial charge in [0.05, 0.1) is 0 Å². The summed E-state index contributed by atoms with van der Waals surface area (Å²) in [5.74, 6) is 0. The summed E-state index contributed by atoms with van der Waals surface area (Å²) in [5, 5.41) is 0. The zero-order valence-corrected chi connectivity index (χ0v) is 5.19. The molecule has 0 aromatic rings. The van der Waals surface area contributed by atoms with Crippen molar-refractivity contribution < 1.29 is 0 Å². The van der Waals surface area contributed by atoms with Gasteiger partial charge in [-0.3, -0.25) is 0 Å². The molecule has 0 saturated heterocycles. The maximum atomic E-state index is 5.34. The van der Waals surface area contributed by atoms with Crippen LogP contribution in [0.1, 0.15) is 32.1 Å². The van der Waals surface area contributed by atoms with Gasteiger partial charge in [0.15, 0.2) is 0 Å². The van der Waals surface area contributed by atoms with Crippen molar-refractivity contribution in [3.63, 3.8) is 0 Å². The van der Waals surface area contributed by atoms with Crippen LogP contribution in [0.4, 0.5) is 0 Å². The summed E-state index contributed by atoms with van der Waals surface area (Å²) in [5.41, 5.74) is 6.80. The summed E-state index contributed by atoms with van der Waals surface area (Å²) >= 11 is 0. The maximum absolute atomic E-state index is 5.34. The Morgan fingerprint density at radius 3 is 2.12 bits per heavy atom. The molecule has 1 aliphatic rings. The molecule has 0 radical (unpaired) electrons. The first-order chi connectivity index (χ1) is 3.93. The van der Waals surface area contributed by atoms with Crippen LogP contribution in [-0.4, -0.2) is 0 Å². The molecule has 0 heterocycles. The first-order valence-corrected chi connectivity index (χ1v) is 3.33. The second kappa shape index (κ2) is 2.75. The van der Waals surface area contributed by atoms with Crippen molar-refractivity contribution in [2.75, 3.05) is 0 Å². The molecule has 46 valence electrons. The summed E-state index contributed by atoms with van der Waals surface area (Å²) in [7, 11) is 0. The van der Waals surface area contributed by atoms with E-state index >= 15 is 0 Å². The molecule has 0 atom stereocenters. The predicted octanol–water partition coefficient (Wildman–Crippen LogP) is 1.79. The highest BCUT2D eigenvalue weighted by Crippen LogP contribution is 2.21. The lowest BCUT2D eigenvalue weighted by Crippen LogP contribution is -1.95. The highest BCUT2D eigenvalue weighted by molar-refractivity contribution is 5.01. The molecule has 1 fully saturated rings. The van der Waals surface area contributed by atoms with Gasteiger partial charge in [0, 0.05) is 0 Å². The Kier molecular flexibility index (Phi) is 1.95. The topological polar surface area (TPSA) is 26.0 Å². The Morgan fingerprint density at radius 1 is 1.12 bits per heavy atom. The Hall–Kier alpha value is -0.460. The van der Waals surface area contributed by atoms with Gasteiger partial charge in [0.1, 0.15) is 0 Å². The molecule has 1 heteroatoms. The van der Waals surface area contributed by atoms with E-state index in [1.54, 1.807) is 6.20 Å². The van der Waals surface area contributed by atoms with E-state index in [9.17, 15) is 0 Å². The summed E-state index contributed by atoms with van der Waals surface area (Å²) in [6.45, 7) is 0. The van der Waals surface area contributed by atoms with E-state index in [1.807, 2.05) is 0 Å². The summed E-state index contributed by atoms with van der Waals surface area (Å²) < 4.78 is 0. The zero-order valence-electron chi connectivity index (χ0n) is 5.19. The van der Waals surface area contributed by atoms with Gasteiger partial charge >= 0.3 is 0 Å². The molecule has 8 heavy (non-hydrogen) atoms. The van der Waals surface area contributed by atoms with E-state index in [2.05, 4.69) is 0 Å². The average Bonchev–Trinajstić information content (AvgIpc) is 1.90. The molecule has 2 N–H and O–H groups in total. The van der Waals surface area contributed by atoms with Crippen molar-refractivity contribution >= 4 is 0 Å². The number of hydrogen-bond acceptors (Lipinski definition) is 1. The molecule has 0 aromatic heterocycles. The average molecular weight is 111 g/mol. The zero-order chi connectivity index (χ0) is 5.82. The number of hydrogen-bond donors (Lipinski definition) is 1. The third-order valence-corrected chi connectivity index (χ3v) is 1.73. The summed E-state index contributed by atoms with van der Waals surface area (Å²) in [4.78, 5) is 0. The highest BCUT2D eigenvalue weighted by Gasteiger charge is 2.02. The highest BCUT2D eigenvalue weighted by atomic mass is 14.5. The van der Waals surface area contributed by atoms with Crippen molar-refractivity contribution in [2.45, 2.75) is 32.1 Å². The van der Waals surface area contributed by atoms with Crippen molar-refractivity contribution in [1.29, 1.82) is 0 Å². The molecular weight excluding hydrogens is 98.1 g/mol. The van der Waals surface area contributed by atoms with Gasteiger partial charge in [-0.2, -0.15) is 0 Å². The van der Waals surface area contributed by atoms with Crippen LogP contribution in [0.3, 0.4) is 0 Å². The van der Waals surface area contributed by atoms with Gasteiger partial charge in [-0.05, 0) is 31.9 Å². The molecule has 0 bridgehead atoms. The Morgan fingerprint density at radius 2 is 1.75 bits per heavy atom. The van der Waals surface area contributed by atoms with Crippen LogP contribution in [-0.2, 0) is 0 Å². The number of nitrogens with two attached hydrogens (primary N) is 1. The molecule has 0 spiro atoms. The van der Waals surface area contributed by atoms with E-state index < -0.39 is 0 Å². The van der Waals surface area contributed by atoms with Crippen LogP contribution in [0, 0.1) is 0 Å². The van der Waals surface area contributed by atoms with Gasteiger partial charge in [0.25, 0.3) is 0 Å². The van der Waals surface area contributed by atoms with E-state index in [1.165, 1.54) is 37.7 Å². The van der Waals surface area contributed by atoms with Crippen LogP contribution >= 0.6 is 0 Å². The van der Waals surface area contributed by atoms with E-state index in [4.69, 9.17) is 5.73 Å². The normalized spacial score (nSPS) is 20.8. The summed E-state index contributed by atoms with van der Waals surface area (Å²) in [6.07, 6.45) is 8.37. The molecule has 0 aliphatic heterocycles. The van der Waals surface area contributed by atoms with Crippen molar-refractivity contribution in [2.24, 2.45) is 5.73 Å². The van der Waals surface area contributed by atoms with Gasteiger partial charge in [-0.15, -0.1) is 0 Å². The van der Waals surface area contributed by atoms with Crippen LogP contribution < -0.4 is 5.73 Å². The lowest BCUT2D eigenvalue weighted by molar-refractivity contribution is 0.597. The SMILES string of the molecule is NC=C1CCCCC1. The Balaban J connectivity index is 2.33. The lowest BCUT2D eigenvalue weighted by Gasteiger charge is -2.11. The van der Waals surface area contributed by atoms with Crippen LogP contribution in [0.25, 0.3) is 0 Å². The van der Waals surface area contributed by atoms with Crippen molar-refractivity contribution in [3.8, 4) is 0 Å². The minimum Gasteiger partial charge on any atom is -0.405 e. The fraction of sp³-hybridized carbons (Fsp3) is 0.714. The third-order valence-electron chi connectivity index (χ3n) is 1.73. The van der Waals surface area contributed by atoms with Gasteiger partial charge in [-0.25, -0.2) is 0 Å². The monoisotopic (exact) mass is 111 g/mol. The standard InChI is InChI=1S/C7H13N/c8-6-7-4-2-1-3-5-7/h6H,1-5,8H2. The Labute approximate surface area is 50.6 Å². The molecule has 1 rings (SSSR count). The third kappa shape index (κ3) is 1.25. The molecule has 0 amide bonds. The number of allylic oxidation sites excluding steroid dienone is 1. The molecule has 0 aromatic carbocycles. The predicted molar refractivity (Wildman–Crippen MR) is 35.4 cm³/mol. The lowest BCUT2D eigenvalue weighted by atomic mass is 9.96. The minimum atomic E-state index is 1.25. The summed E-state index contributed by atoms with van der Waals surface area (Å²) in [6, 6.07) is 0.